The zero-order valence-corrected chi connectivity index (χ0v) is 17.5. The molecule has 0 bridgehead atoms. The Morgan fingerprint density at radius 2 is 1.87 bits per heavy atom. The van der Waals surface area contributed by atoms with Crippen molar-refractivity contribution in [3.63, 3.8) is 0 Å². The summed E-state index contributed by atoms with van der Waals surface area (Å²) >= 11 is 0. The lowest BCUT2D eigenvalue weighted by atomic mass is 10.1. The zero-order valence-electron chi connectivity index (χ0n) is 17.5. The number of hydrogen-bond donors (Lipinski definition) is 1. The van der Waals surface area contributed by atoms with Crippen molar-refractivity contribution < 1.29 is 28.2 Å². The fraction of sp³-hybridized carbons (Fsp3) is 0.261. The number of rotatable bonds is 8. The van der Waals surface area contributed by atoms with Gasteiger partial charge in [-0.3, -0.25) is 4.79 Å². The average molecular weight is 425 g/mol. The van der Waals surface area contributed by atoms with Crippen LogP contribution in [-0.4, -0.2) is 38.7 Å². The monoisotopic (exact) mass is 425 g/mol. The van der Waals surface area contributed by atoms with E-state index in [0.717, 1.165) is 11.1 Å². The molecule has 8 heteroatoms. The Bertz CT molecular complexity index is 1170. The number of methoxy groups -OCH3 is 1. The van der Waals surface area contributed by atoms with Gasteiger partial charge in [0.1, 0.15) is 22.6 Å². The minimum atomic E-state index is -0.788. The third-order valence-corrected chi connectivity index (χ3v) is 4.46. The summed E-state index contributed by atoms with van der Waals surface area (Å²) in [7, 11) is 1.51. The molecule has 0 atom stereocenters. The molecule has 0 unspecified atom stereocenters. The summed E-state index contributed by atoms with van der Waals surface area (Å²) in [4.78, 5) is 36.4. The number of ether oxygens (including phenoxy) is 3. The Balaban J connectivity index is 1.68. The number of nitrogens with one attached hydrogen (secondary N) is 1. The van der Waals surface area contributed by atoms with Gasteiger partial charge >= 0.3 is 11.6 Å². The van der Waals surface area contributed by atoms with Crippen molar-refractivity contribution in [2.45, 2.75) is 13.8 Å². The van der Waals surface area contributed by atoms with Gasteiger partial charge in [-0.05, 0) is 49.2 Å². The van der Waals surface area contributed by atoms with Crippen molar-refractivity contribution >= 4 is 22.8 Å². The number of carbonyl (C=O) groups excluding carboxylic acids is 2. The summed E-state index contributed by atoms with van der Waals surface area (Å²) in [5, 5.41) is 3.09. The third-order valence-electron chi connectivity index (χ3n) is 4.46. The van der Waals surface area contributed by atoms with Crippen molar-refractivity contribution in [3.05, 3.63) is 69.6 Å². The molecule has 0 aliphatic heterocycles. The van der Waals surface area contributed by atoms with Crippen molar-refractivity contribution in [2.24, 2.45) is 0 Å². The van der Waals surface area contributed by atoms with Gasteiger partial charge in [0.25, 0.3) is 5.91 Å². The second-order valence-corrected chi connectivity index (χ2v) is 6.93. The molecule has 0 aliphatic carbocycles. The molecule has 3 rings (SSSR count). The lowest BCUT2D eigenvalue weighted by Gasteiger charge is -2.10. The second kappa shape index (κ2) is 9.90. The third kappa shape index (κ3) is 5.70. The number of esters is 1. The first-order valence-electron chi connectivity index (χ1n) is 9.63. The van der Waals surface area contributed by atoms with Gasteiger partial charge < -0.3 is 23.9 Å². The quantitative estimate of drug-likeness (QED) is 0.256. The maximum atomic E-state index is 12.2. The first kappa shape index (κ1) is 22.0. The molecular formula is C23H23NO7. The molecule has 31 heavy (non-hydrogen) atoms. The van der Waals surface area contributed by atoms with E-state index in [4.69, 9.17) is 18.6 Å². The number of fused-ring (bicyclic) bond motifs is 1. The highest BCUT2D eigenvalue weighted by atomic mass is 16.6. The maximum Gasteiger partial charge on any atom is 0.349 e. The standard InChI is InChI=1S/C23H23NO7/c1-14-4-5-15(2)19(10-14)29-13-21(25)30-17-7-6-16-11-18(22(26)24-8-9-28-3)23(27)31-20(16)12-17/h4-7,10-12H,8-9,13H2,1-3H3,(H,24,26). The molecule has 0 spiro atoms. The van der Waals surface area contributed by atoms with Crippen LogP contribution in [0.4, 0.5) is 0 Å². The number of hydrogen-bond acceptors (Lipinski definition) is 7. The molecule has 162 valence electrons. The van der Waals surface area contributed by atoms with Gasteiger partial charge in [-0.2, -0.15) is 0 Å². The fourth-order valence-corrected chi connectivity index (χ4v) is 2.84. The SMILES string of the molecule is COCCNC(=O)c1cc2ccc(OC(=O)COc3cc(C)ccc3C)cc2oc1=O. The van der Waals surface area contributed by atoms with Crippen molar-refractivity contribution in [1.29, 1.82) is 0 Å². The molecule has 1 aromatic heterocycles. The van der Waals surface area contributed by atoms with Crippen LogP contribution in [0.1, 0.15) is 21.5 Å². The topological polar surface area (TPSA) is 104 Å². The highest BCUT2D eigenvalue weighted by Crippen LogP contribution is 2.22. The molecule has 1 amide bonds. The molecular weight excluding hydrogens is 402 g/mol. The van der Waals surface area contributed by atoms with Crippen LogP contribution in [0, 0.1) is 13.8 Å². The smallest absolute Gasteiger partial charge is 0.349 e. The van der Waals surface area contributed by atoms with Gasteiger partial charge in [0, 0.05) is 25.1 Å². The van der Waals surface area contributed by atoms with E-state index in [1.807, 2.05) is 32.0 Å². The van der Waals surface area contributed by atoms with Gasteiger partial charge in [0.2, 0.25) is 0 Å². The minimum absolute atomic E-state index is 0.115. The van der Waals surface area contributed by atoms with E-state index < -0.39 is 17.5 Å². The number of carbonyl (C=O) groups is 2. The van der Waals surface area contributed by atoms with E-state index >= 15 is 0 Å². The molecule has 1 heterocycles. The first-order chi connectivity index (χ1) is 14.9. The predicted octanol–water partition coefficient (Wildman–Crippen LogP) is 2.77. The summed E-state index contributed by atoms with van der Waals surface area (Å²) in [6, 6.07) is 11.7. The Hall–Kier alpha value is -3.65. The summed E-state index contributed by atoms with van der Waals surface area (Å²) in [5.41, 5.74) is 1.22. The van der Waals surface area contributed by atoms with Crippen LogP contribution in [0.15, 0.2) is 51.7 Å². The number of aryl methyl sites for hydroxylation is 2. The molecule has 0 saturated carbocycles. The van der Waals surface area contributed by atoms with Crippen LogP contribution < -0.4 is 20.4 Å². The van der Waals surface area contributed by atoms with Crippen molar-refractivity contribution in [3.8, 4) is 11.5 Å². The van der Waals surface area contributed by atoms with E-state index in [1.54, 1.807) is 12.1 Å². The normalized spacial score (nSPS) is 10.7. The molecule has 3 aromatic rings. The molecule has 0 fully saturated rings. The van der Waals surface area contributed by atoms with Crippen molar-refractivity contribution in [1.82, 2.24) is 5.32 Å². The van der Waals surface area contributed by atoms with Gasteiger partial charge in [-0.1, -0.05) is 12.1 Å². The van der Waals surface area contributed by atoms with Crippen LogP contribution in [-0.2, 0) is 9.53 Å². The predicted molar refractivity (Wildman–Crippen MR) is 114 cm³/mol. The fourth-order valence-electron chi connectivity index (χ4n) is 2.84. The van der Waals surface area contributed by atoms with E-state index in [1.165, 1.54) is 19.2 Å². The van der Waals surface area contributed by atoms with Crippen LogP contribution in [0.25, 0.3) is 11.0 Å². The van der Waals surface area contributed by atoms with Crippen LogP contribution >= 0.6 is 0 Å². The second-order valence-electron chi connectivity index (χ2n) is 6.93. The lowest BCUT2D eigenvalue weighted by Crippen LogP contribution is -2.30. The van der Waals surface area contributed by atoms with Crippen LogP contribution in [0.5, 0.6) is 11.5 Å². The molecule has 0 saturated heterocycles. The molecule has 1 N–H and O–H groups in total. The van der Waals surface area contributed by atoms with Gasteiger partial charge in [-0.15, -0.1) is 0 Å². The number of benzene rings is 2. The van der Waals surface area contributed by atoms with Crippen LogP contribution in [0.3, 0.4) is 0 Å². The average Bonchev–Trinajstić information content (AvgIpc) is 2.74. The summed E-state index contributed by atoms with van der Waals surface area (Å²) < 4.78 is 20.9. The molecule has 8 nitrogen and oxygen atoms in total. The van der Waals surface area contributed by atoms with E-state index in [0.29, 0.717) is 17.7 Å². The highest BCUT2D eigenvalue weighted by Gasteiger charge is 2.15. The Kier molecular flexibility index (Phi) is 7.04. The lowest BCUT2D eigenvalue weighted by molar-refractivity contribution is -0.136. The summed E-state index contributed by atoms with van der Waals surface area (Å²) in [6.07, 6.45) is 0. The van der Waals surface area contributed by atoms with Gasteiger partial charge in [0.15, 0.2) is 6.61 Å². The van der Waals surface area contributed by atoms with Crippen molar-refractivity contribution in [2.75, 3.05) is 26.9 Å². The molecule has 0 aliphatic rings. The number of amides is 1. The van der Waals surface area contributed by atoms with Crippen LogP contribution in [0.2, 0.25) is 0 Å². The Labute approximate surface area is 178 Å². The summed E-state index contributed by atoms with van der Waals surface area (Å²) in [5.74, 6) is -0.344. The maximum absolute atomic E-state index is 12.2. The van der Waals surface area contributed by atoms with E-state index in [2.05, 4.69) is 5.32 Å². The minimum Gasteiger partial charge on any atom is -0.482 e. The molecule has 0 radical (unpaired) electrons. The summed E-state index contributed by atoms with van der Waals surface area (Å²) in [6.45, 7) is 4.14. The first-order valence-corrected chi connectivity index (χ1v) is 9.63. The Morgan fingerprint density at radius 3 is 2.65 bits per heavy atom. The zero-order chi connectivity index (χ0) is 22.4. The van der Waals surface area contributed by atoms with Gasteiger partial charge in [-0.25, -0.2) is 9.59 Å². The van der Waals surface area contributed by atoms with E-state index in [-0.39, 0.29) is 30.0 Å². The Morgan fingerprint density at radius 1 is 1.06 bits per heavy atom. The highest BCUT2D eigenvalue weighted by molar-refractivity contribution is 5.96. The largest absolute Gasteiger partial charge is 0.482 e. The van der Waals surface area contributed by atoms with Gasteiger partial charge in [0.05, 0.1) is 6.61 Å². The van der Waals surface area contributed by atoms with E-state index in [9.17, 15) is 14.4 Å². The molecule has 2 aromatic carbocycles.